The molecule has 1 rings (SSSR count). The Balaban J connectivity index is 2.82. The minimum Gasteiger partial charge on any atom is -0.382 e. The monoisotopic (exact) mass is 173 g/mol. The van der Waals surface area contributed by atoms with Gasteiger partial charge < -0.3 is 5.11 Å². The van der Waals surface area contributed by atoms with Crippen molar-refractivity contribution >= 4 is 0 Å². The van der Waals surface area contributed by atoms with E-state index in [1.165, 1.54) is 12.3 Å². The van der Waals surface area contributed by atoms with E-state index in [1.54, 1.807) is 13.0 Å². The molecule has 0 aliphatic carbocycles. The van der Waals surface area contributed by atoms with Gasteiger partial charge in [0.1, 0.15) is 6.10 Å². The Kier molecular flexibility index (Phi) is 2.70. The molecule has 0 saturated carbocycles. The van der Waals surface area contributed by atoms with Gasteiger partial charge in [-0.25, -0.2) is 8.78 Å². The number of rotatable bonds is 2. The van der Waals surface area contributed by atoms with Gasteiger partial charge in [-0.2, -0.15) is 0 Å². The van der Waals surface area contributed by atoms with Gasteiger partial charge in [0, 0.05) is 17.5 Å². The van der Waals surface area contributed by atoms with Crippen LogP contribution in [0.15, 0.2) is 18.3 Å². The molecule has 66 valence electrons. The number of nitrogens with zero attached hydrogens (tertiary/aromatic N) is 1. The Bertz CT molecular complexity index is 248. The summed E-state index contributed by atoms with van der Waals surface area (Å²) in [4.78, 5) is 3.79. The van der Waals surface area contributed by atoms with Gasteiger partial charge in [-0.3, -0.25) is 4.98 Å². The number of hydrogen-bond donors (Lipinski definition) is 1. The molecule has 0 radical (unpaired) electrons. The molecule has 1 aromatic rings. The zero-order valence-corrected chi connectivity index (χ0v) is 6.54. The molecule has 0 aliphatic heterocycles. The second-order valence-corrected chi connectivity index (χ2v) is 2.51. The van der Waals surface area contributed by atoms with E-state index in [4.69, 9.17) is 5.11 Å². The lowest BCUT2D eigenvalue weighted by Gasteiger charge is -2.08. The first-order valence-corrected chi connectivity index (χ1v) is 3.50. The van der Waals surface area contributed by atoms with E-state index in [9.17, 15) is 8.78 Å². The van der Waals surface area contributed by atoms with Crippen molar-refractivity contribution in [2.24, 2.45) is 0 Å². The van der Waals surface area contributed by atoms with E-state index >= 15 is 0 Å². The van der Waals surface area contributed by atoms with Gasteiger partial charge in [0.25, 0.3) is 6.43 Å². The highest BCUT2D eigenvalue weighted by Crippen LogP contribution is 2.18. The van der Waals surface area contributed by atoms with Crippen molar-refractivity contribution in [3.63, 3.8) is 0 Å². The summed E-state index contributed by atoms with van der Waals surface area (Å²) >= 11 is 0. The first-order chi connectivity index (χ1) is 5.61. The number of aliphatic hydroxyl groups excluding tert-OH is 1. The van der Waals surface area contributed by atoms with E-state index < -0.39 is 12.5 Å². The van der Waals surface area contributed by atoms with Crippen molar-refractivity contribution in [2.75, 3.05) is 0 Å². The molecule has 1 N–H and O–H groups in total. The van der Waals surface area contributed by atoms with E-state index in [0.29, 0.717) is 0 Å². The summed E-state index contributed by atoms with van der Waals surface area (Å²) < 4.78 is 23.9. The molecular formula is C8H9F2NO. The highest BCUT2D eigenvalue weighted by Gasteiger charge is 2.18. The van der Waals surface area contributed by atoms with Crippen molar-refractivity contribution in [2.45, 2.75) is 19.5 Å². The van der Waals surface area contributed by atoms with Gasteiger partial charge in [0.2, 0.25) is 0 Å². The topological polar surface area (TPSA) is 33.1 Å². The van der Waals surface area contributed by atoms with Crippen LogP contribution in [-0.2, 0) is 0 Å². The van der Waals surface area contributed by atoms with Crippen LogP contribution in [0.5, 0.6) is 0 Å². The number of aryl methyl sites for hydroxylation is 1. The number of alkyl halides is 2. The molecule has 0 amide bonds. The number of pyridine rings is 1. The average molecular weight is 173 g/mol. The van der Waals surface area contributed by atoms with Crippen LogP contribution in [-0.4, -0.2) is 16.5 Å². The molecule has 12 heavy (non-hydrogen) atoms. The minimum absolute atomic E-state index is 0.149. The lowest BCUT2D eigenvalue weighted by Crippen LogP contribution is -2.08. The van der Waals surface area contributed by atoms with Crippen molar-refractivity contribution < 1.29 is 13.9 Å². The van der Waals surface area contributed by atoms with Crippen LogP contribution in [0.1, 0.15) is 17.4 Å². The SMILES string of the molecule is Cc1ccc([C@H](O)C(F)F)cn1. The molecular weight excluding hydrogens is 164 g/mol. The van der Waals surface area contributed by atoms with E-state index in [0.717, 1.165) is 5.69 Å². The summed E-state index contributed by atoms with van der Waals surface area (Å²) in [6, 6.07) is 3.03. The molecule has 0 aromatic carbocycles. The predicted octanol–water partition coefficient (Wildman–Crippen LogP) is 1.69. The molecule has 0 unspecified atom stereocenters. The Labute approximate surface area is 68.9 Å². The van der Waals surface area contributed by atoms with Crippen LogP contribution >= 0.6 is 0 Å². The van der Waals surface area contributed by atoms with Gasteiger partial charge in [-0.05, 0) is 13.0 Å². The number of halogens is 2. The second-order valence-electron chi connectivity index (χ2n) is 2.51. The number of aliphatic hydroxyl groups is 1. The van der Waals surface area contributed by atoms with Crippen molar-refractivity contribution in [3.8, 4) is 0 Å². The van der Waals surface area contributed by atoms with Gasteiger partial charge >= 0.3 is 0 Å². The molecule has 4 heteroatoms. The average Bonchev–Trinajstić information content (AvgIpc) is 2.04. The first kappa shape index (κ1) is 9.06. The summed E-state index contributed by atoms with van der Waals surface area (Å²) in [5.74, 6) is 0. The predicted molar refractivity (Wildman–Crippen MR) is 39.9 cm³/mol. The molecule has 0 bridgehead atoms. The highest BCUT2D eigenvalue weighted by atomic mass is 19.3. The lowest BCUT2D eigenvalue weighted by atomic mass is 10.1. The Morgan fingerprint density at radius 2 is 2.08 bits per heavy atom. The number of hydrogen-bond acceptors (Lipinski definition) is 2. The van der Waals surface area contributed by atoms with E-state index in [1.807, 2.05) is 0 Å². The third-order valence-corrected chi connectivity index (χ3v) is 1.51. The molecule has 1 heterocycles. The third kappa shape index (κ3) is 1.98. The van der Waals surface area contributed by atoms with Crippen molar-refractivity contribution in [3.05, 3.63) is 29.6 Å². The zero-order chi connectivity index (χ0) is 9.14. The van der Waals surface area contributed by atoms with Crippen molar-refractivity contribution in [1.29, 1.82) is 0 Å². The molecule has 2 nitrogen and oxygen atoms in total. The Hall–Kier alpha value is -1.03. The molecule has 1 atom stereocenters. The largest absolute Gasteiger partial charge is 0.382 e. The maximum absolute atomic E-state index is 11.9. The zero-order valence-electron chi connectivity index (χ0n) is 6.54. The summed E-state index contributed by atoms with van der Waals surface area (Å²) in [6.07, 6.45) is -3.22. The fraction of sp³-hybridized carbons (Fsp3) is 0.375. The normalized spacial score (nSPS) is 13.4. The quantitative estimate of drug-likeness (QED) is 0.738. The standard InChI is InChI=1S/C8H9F2NO/c1-5-2-3-6(4-11-5)7(12)8(9)10/h2-4,7-8,12H,1H3/t7-/m0/s1. The molecule has 0 aliphatic rings. The van der Waals surface area contributed by atoms with E-state index in [-0.39, 0.29) is 5.56 Å². The minimum atomic E-state index is -2.76. The van der Waals surface area contributed by atoms with Crippen LogP contribution < -0.4 is 0 Å². The van der Waals surface area contributed by atoms with Gasteiger partial charge in [-0.1, -0.05) is 6.07 Å². The summed E-state index contributed by atoms with van der Waals surface area (Å²) in [5.41, 5.74) is 0.885. The molecule has 0 fully saturated rings. The van der Waals surface area contributed by atoms with E-state index in [2.05, 4.69) is 4.98 Å². The van der Waals surface area contributed by atoms with Gasteiger partial charge in [0.05, 0.1) is 0 Å². The molecule has 0 saturated heterocycles. The van der Waals surface area contributed by atoms with Gasteiger partial charge in [0.15, 0.2) is 0 Å². The van der Waals surface area contributed by atoms with Crippen LogP contribution in [0, 0.1) is 6.92 Å². The number of aromatic nitrogens is 1. The fourth-order valence-electron chi connectivity index (χ4n) is 0.800. The third-order valence-electron chi connectivity index (χ3n) is 1.51. The smallest absolute Gasteiger partial charge is 0.268 e. The first-order valence-electron chi connectivity index (χ1n) is 3.50. The van der Waals surface area contributed by atoms with Gasteiger partial charge in [-0.15, -0.1) is 0 Å². The summed E-state index contributed by atoms with van der Waals surface area (Å²) in [5, 5.41) is 8.90. The lowest BCUT2D eigenvalue weighted by molar-refractivity contribution is -0.00597. The fourth-order valence-corrected chi connectivity index (χ4v) is 0.800. The van der Waals surface area contributed by atoms with Crippen LogP contribution in [0.4, 0.5) is 8.78 Å². The van der Waals surface area contributed by atoms with Crippen LogP contribution in [0.2, 0.25) is 0 Å². The molecule has 0 spiro atoms. The second kappa shape index (κ2) is 3.58. The Morgan fingerprint density at radius 3 is 2.50 bits per heavy atom. The van der Waals surface area contributed by atoms with Crippen molar-refractivity contribution in [1.82, 2.24) is 4.98 Å². The maximum Gasteiger partial charge on any atom is 0.268 e. The maximum atomic E-state index is 11.9. The Morgan fingerprint density at radius 1 is 1.42 bits per heavy atom. The molecule has 1 aromatic heterocycles. The van der Waals surface area contributed by atoms with Crippen LogP contribution in [0.25, 0.3) is 0 Å². The summed E-state index contributed by atoms with van der Waals surface area (Å²) in [7, 11) is 0. The highest BCUT2D eigenvalue weighted by molar-refractivity contribution is 5.15. The van der Waals surface area contributed by atoms with Crippen LogP contribution in [0.3, 0.4) is 0 Å². The summed E-state index contributed by atoms with van der Waals surface area (Å²) in [6.45, 7) is 1.75.